The van der Waals surface area contributed by atoms with Crippen molar-refractivity contribution in [1.29, 1.82) is 0 Å². The Balaban J connectivity index is 1.69. The van der Waals surface area contributed by atoms with E-state index in [2.05, 4.69) is 18.3 Å². The zero-order chi connectivity index (χ0) is 24.5. The maximum atomic E-state index is 13.8. The number of carbonyl (C=O) groups is 2. The molecule has 2 aromatic heterocycles. The van der Waals surface area contributed by atoms with E-state index in [0.717, 1.165) is 33.1 Å². The van der Waals surface area contributed by atoms with Gasteiger partial charge >= 0.3 is 5.97 Å². The summed E-state index contributed by atoms with van der Waals surface area (Å²) in [5.41, 5.74) is 4.44. The first-order chi connectivity index (χ1) is 16.9. The van der Waals surface area contributed by atoms with Crippen molar-refractivity contribution < 1.29 is 19.4 Å². The van der Waals surface area contributed by atoms with Gasteiger partial charge in [-0.25, -0.2) is 4.79 Å². The third-order valence-electron chi connectivity index (χ3n) is 5.68. The van der Waals surface area contributed by atoms with Gasteiger partial charge in [0.15, 0.2) is 5.78 Å². The molecule has 174 valence electrons. The Morgan fingerprint density at radius 2 is 1.71 bits per heavy atom. The van der Waals surface area contributed by atoms with Crippen LogP contribution in [0.3, 0.4) is 0 Å². The van der Waals surface area contributed by atoms with Crippen molar-refractivity contribution in [2.24, 2.45) is 0 Å². The molecule has 0 bridgehead atoms. The van der Waals surface area contributed by atoms with E-state index < -0.39 is 5.97 Å². The van der Waals surface area contributed by atoms with Gasteiger partial charge in [-0.3, -0.25) is 4.79 Å². The van der Waals surface area contributed by atoms with Gasteiger partial charge in [0.25, 0.3) is 0 Å². The monoisotopic (exact) mass is 502 g/mol. The number of carboxylic acids is 1. The quantitative estimate of drug-likeness (QED) is 0.245. The molecule has 35 heavy (non-hydrogen) atoms. The second-order valence-electron chi connectivity index (χ2n) is 7.89. The molecule has 3 aromatic carbocycles. The number of aliphatic carboxylic acids is 1. The average molecular weight is 503 g/mol. The topological polar surface area (TPSA) is 115 Å². The van der Waals surface area contributed by atoms with Gasteiger partial charge in [0.2, 0.25) is 0 Å². The van der Waals surface area contributed by atoms with Gasteiger partial charge < -0.3 is 9.84 Å². The predicted octanol–water partition coefficient (Wildman–Crippen LogP) is 4.98. The lowest BCUT2D eigenvalue weighted by Gasteiger charge is -2.14. The summed E-state index contributed by atoms with van der Waals surface area (Å²) in [6.07, 6.45) is 0.118. The van der Waals surface area contributed by atoms with Gasteiger partial charge in [-0.05, 0) is 77.6 Å². The minimum absolute atomic E-state index is 0.0686. The van der Waals surface area contributed by atoms with Crippen LogP contribution < -0.4 is 4.74 Å². The number of methoxy groups -OCH3 is 1. The molecular formula is C25H18N4O4S2. The zero-order valence-electron chi connectivity index (χ0n) is 18.7. The molecule has 0 radical (unpaired) electrons. The fourth-order valence-corrected chi connectivity index (χ4v) is 5.12. The number of allylic oxidation sites excluding steroid dienone is 1. The van der Waals surface area contributed by atoms with Crippen LogP contribution in [0.1, 0.15) is 27.0 Å². The van der Waals surface area contributed by atoms with Gasteiger partial charge in [0.1, 0.15) is 22.3 Å². The Labute approximate surface area is 208 Å². The van der Waals surface area contributed by atoms with E-state index in [-0.39, 0.29) is 23.4 Å². The maximum absolute atomic E-state index is 13.8. The first kappa shape index (κ1) is 22.8. The molecule has 0 aliphatic heterocycles. The van der Waals surface area contributed by atoms with E-state index in [0.29, 0.717) is 27.9 Å². The molecule has 8 nitrogen and oxygen atoms in total. The van der Waals surface area contributed by atoms with Crippen LogP contribution >= 0.6 is 23.3 Å². The van der Waals surface area contributed by atoms with Gasteiger partial charge in [-0.2, -0.15) is 8.75 Å². The lowest BCUT2D eigenvalue weighted by Crippen LogP contribution is -2.14. The van der Waals surface area contributed by atoms with Crippen LogP contribution in [0.5, 0.6) is 5.75 Å². The highest BCUT2D eigenvalue weighted by atomic mass is 32.1. The SMILES string of the molecule is COc1ccc(C(=O)C(Cc2ccc3nnsc3c2)=C(C(=O)O)c2ccc3nsnc3c2)cc1C. The van der Waals surface area contributed by atoms with E-state index in [1.165, 1.54) is 11.5 Å². The first-order valence-electron chi connectivity index (χ1n) is 10.5. The normalized spacial score (nSPS) is 12.1. The number of hydrogen-bond acceptors (Lipinski definition) is 9. The highest BCUT2D eigenvalue weighted by Gasteiger charge is 2.25. The minimum Gasteiger partial charge on any atom is -0.496 e. The standard InChI is InChI=1S/C25H18N4O4S2/c1-13-9-16(5-8-21(13)33-2)24(30)17(10-14-3-6-19-22(11-14)34-29-26-19)23(25(31)32)15-4-7-18-20(12-15)28-35-27-18/h3-9,11-12H,10H2,1-2H3,(H,31,32). The van der Waals surface area contributed by atoms with E-state index in [4.69, 9.17) is 4.74 Å². The molecule has 2 heterocycles. The fourth-order valence-electron chi connectivity index (χ4n) is 3.98. The number of carboxylic acid groups (broad SMARTS) is 1. The van der Waals surface area contributed by atoms with E-state index in [9.17, 15) is 14.7 Å². The Bertz CT molecular complexity index is 1640. The van der Waals surface area contributed by atoms with Crippen LogP contribution in [-0.4, -0.2) is 42.3 Å². The summed E-state index contributed by atoms with van der Waals surface area (Å²) in [7, 11) is 1.56. The van der Waals surface area contributed by atoms with Crippen molar-refractivity contribution in [2.75, 3.05) is 7.11 Å². The number of aromatic nitrogens is 4. The van der Waals surface area contributed by atoms with E-state index in [1.54, 1.807) is 43.5 Å². The van der Waals surface area contributed by atoms with Gasteiger partial charge in [0, 0.05) is 17.6 Å². The van der Waals surface area contributed by atoms with Crippen molar-refractivity contribution in [3.05, 3.63) is 82.4 Å². The molecule has 0 aliphatic rings. The minimum atomic E-state index is -1.19. The second-order valence-corrected chi connectivity index (χ2v) is 9.21. The highest BCUT2D eigenvalue weighted by Crippen LogP contribution is 2.30. The molecule has 10 heteroatoms. The molecule has 0 aliphatic carbocycles. The Kier molecular flexibility index (Phi) is 6.06. The van der Waals surface area contributed by atoms with Crippen molar-refractivity contribution in [3.63, 3.8) is 0 Å². The number of ether oxygens (including phenoxy) is 1. The molecule has 1 N–H and O–H groups in total. The second kappa shape index (κ2) is 9.32. The molecular weight excluding hydrogens is 484 g/mol. The van der Waals surface area contributed by atoms with Crippen molar-refractivity contribution in [1.82, 2.24) is 18.3 Å². The Hall–Kier alpha value is -4.02. The van der Waals surface area contributed by atoms with Gasteiger partial charge in [-0.15, -0.1) is 5.10 Å². The van der Waals surface area contributed by atoms with Crippen LogP contribution in [0, 0.1) is 6.92 Å². The van der Waals surface area contributed by atoms with Crippen molar-refractivity contribution in [2.45, 2.75) is 13.3 Å². The molecule has 0 saturated carbocycles. The Morgan fingerprint density at radius 3 is 2.49 bits per heavy atom. The van der Waals surface area contributed by atoms with Crippen LogP contribution in [0.4, 0.5) is 0 Å². The molecule has 0 fully saturated rings. The molecule has 0 amide bonds. The van der Waals surface area contributed by atoms with Crippen LogP contribution in [-0.2, 0) is 11.2 Å². The predicted molar refractivity (Wildman–Crippen MR) is 135 cm³/mol. The number of nitrogens with zero attached hydrogens (tertiary/aromatic N) is 4. The summed E-state index contributed by atoms with van der Waals surface area (Å²) in [6, 6.07) is 15.7. The smallest absolute Gasteiger partial charge is 0.336 e. The summed E-state index contributed by atoms with van der Waals surface area (Å²) < 4.78 is 18.6. The van der Waals surface area contributed by atoms with Crippen molar-refractivity contribution >= 4 is 61.8 Å². The highest BCUT2D eigenvalue weighted by molar-refractivity contribution is 7.12. The first-order valence-corrected chi connectivity index (χ1v) is 12.0. The third-order valence-corrected chi connectivity index (χ3v) is 6.93. The number of ketones is 1. The maximum Gasteiger partial charge on any atom is 0.336 e. The summed E-state index contributed by atoms with van der Waals surface area (Å²) in [4.78, 5) is 26.4. The van der Waals surface area contributed by atoms with Crippen LogP contribution in [0.15, 0.2) is 60.2 Å². The lowest BCUT2D eigenvalue weighted by atomic mass is 9.89. The van der Waals surface area contributed by atoms with Gasteiger partial charge in [0.05, 0.1) is 29.1 Å². The molecule has 5 rings (SSSR count). The van der Waals surface area contributed by atoms with Crippen LogP contribution in [0.2, 0.25) is 0 Å². The van der Waals surface area contributed by atoms with Crippen molar-refractivity contribution in [3.8, 4) is 5.75 Å². The molecule has 5 aromatic rings. The zero-order valence-corrected chi connectivity index (χ0v) is 20.3. The summed E-state index contributed by atoms with van der Waals surface area (Å²) in [5, 5.41) is 14.3. The Morgan fingerprint density at radius 1 is 0.943 bits per heavy atom. The summed E-state index contributed by atoms with van der Waals surface area (Å²) in [5.74, 6) is -0.913. The fraction of sp³-hybridized carbons (Fsp3) is 0.120. The average Bonchev–Trinajstić information content (AvgIpc) is 3.51. The number of benzene rings is 3. The molecule has 0 unspecified atom stereocenters. The van der Waals surface area contributed by atoms with E-state index >= 15 is 0 Å². The number of hydrogen-bond donors (Lipinski definition) is 1. The number of fused-ring (bicyclic) bond motifs is 2. The number of rotatable bonds is 7. The molecule has 0 saturated heterocycles. The lowest BCUT2D eigenvalue weighted by molar-refractivity contribution is -0.130. The van der Waals surface area contributed by atoms with Crippen LogP contribution in [0.25, 0.3) is 26.8 Å². The van der Waals surface area contributed by atoms with Gasteiger partial charge in [-0.1, -0.05) is 16.6 Å². The number of aryl methyl sites for hydroxylation is 1. The molecule has 0 spiro atoms. The number of carbonyl (C=O) groups excluding carboxylic acids is 1. The van der Waals surface area contributed by atoms with E-state index in [1.807, 2.05) is 25.1 Å². The summed E-state index contributed by atoms with van der Waals surface area (Å²) >= 11 is 2.30. The largest absolute Gasteiger partial charge is 0.496 e. The third kappa shape index (κ3) is 4.41. The summed E-state index contributed by atoms with van der Waals surface area (Å²) in [6.45, 7) is 1.84. The number of Topliss-reactive ketones (excluding diaryl/α,β-unsaturated/α-hetero) is 1. The molecule has 0 atom stereocenters.